The molecule has 0 aromatic heterocycles. The molecule has 0 N–H and O–H groups in total. The highest BCUT2D eigenvalue weighted by molar-refractivity contribution is 6.36. The van der Waals surface area contributed by atoms with Crippen LogP contribution in [0.5, 0.6) is 0 Å². The van der Waals surface area contributed by atoms with Crippen molar-refractivity contribution in [1.82, 2.24) is 0 Å². The Morgan fingerprint density at radius 2 is 0.828 bits per heavy atom. The van der Waals surface area contributed by atoms with E-state index >= 15 is 0 Å². The number of benzene rings is 5. The molecule has 0 radical (unpaired) electrons. The molecule has 0 nitrogen and oxygen atoms in total. The summed E-state index contributed by atoms with van der Waals surface area (Å²) in [6, 6.07) is 40.4. The molecule has 5 aromatic carbocycles. The molecule has 0 bridgehead atoms. The average Bonchev–Trinajstić information content (AvgIpc) is 2.80. The van der Waals surface area contributed by atoms with Gasteiger partial charge in [0, 0.05) is 10.4 Å². The molecule has 0 aliphatic rings. The fourth-order valence-corrected chi connectivity index (χ4v) is 4.11. The molecule has 1 heteroatoms. The zero-order valence-electron chi connectivity index (χ0n) is 15.8. The Kier molecular flexibility index (Phi) is 4.63. The van der Waals surface area contributed by atoms with Gasteiger partial charge in [0.2, 0.25) is 0 Å². The van der Waals surface area contributed by atoms with Crippen molar-refractivity contribution in [2.45, 2.75) is 0 Å². The third-order valence-corrected chi connectivity index (χ3v) is 5.60. The number of hydrogen-bond donors (Lipinski definition) is 0. The largest absolute Gasteiger partial charge is 0.0836 e. The molecule has 0 saturated heterocycles. The number of halogens is 1. The molecule has 0 spiro atoms. The van der Waals surface area contributed by atoms with E-state index in [0.717, 1.165) is 26.9 Å². The Hall–Kier alpha value is -3.35. The summed E-state index contributed by atoms with van der Waals surface area (Å²) in [6.45, 7) is 0. The van der Waals surface area contributed by atoms with Crippen molar-refractivity contribution >= 4 is 22.4 Å². The lowest BCUT2D eigenvalue weighted by molar-refractivity contribution is 1.57. The van der Waals surface area contributed by atoms with Gasteiger partial charge in [0.05, 0.1) is 0 Å². The molecule has 5 aromatic rings. The maximum atomic E-state index is 6.63. The summed E-state index contributed by atoms with van der Waals surface area (Å²) in [5.41, 5.74) is 7.11. The maximum absolute atomic E-state index is 6.63. The molecule has 0 heterocycles. The first-order chi connectivity index (χ1) is 14.3. The normalized spacial score (nSPS) is 10.9. The SMILES string of the molecule is Clc1cc(-c2cc(-c3ccccc3)cc(-c3ccccc3)c2)cc2ccccc12. The Labute approximate surface area is 176 Å². The summed E-state index contributed by atoms with van der Waals surface area (Å²) >= 11 is 6.63. The number of rotatable bonds is 3. The minimum Gasteiger partial charge on any atom is -0.0836 e. The van der Waals surface area contributed by atoms with Crippen molar-refractivity contribution < 1.29 is 0 Å². The van der Waals surface area contributed by atoms with Gasteiger partial charge in [-0.15, -0.1) is 0 Å². The van der Waals surface area contributed by atoms with Crippen LogP contribution in [0.3, 0.4) is 0 Å². The fraction of sp³-hybridized carbons (Fsp3) is 0. The Morgan fingerprint density at radius 1 is 0.379 bits per heavy atom. The van der Waals surface area contributed by atoms with Crippen molar-refractivity contribution in [3.8, 4) is 33.4 Å². The number of fused-ring (bicyclic) bond motifs is 1. The molecular formula is C28H19Cl. The van der Waals surface area contributed by atoms with E-state index in [2.05, 4.69) is 109 Å². The lowest BCUT2D eigenvalue weighted by atomic mass is 9.92. The second-order valence-corrected chi connectivity index (χ2v) is 7.62. The van der Waals surface area contributed by atoms with Crippen LogP contribution in [0, 0.1) is 0 Å². The van der Waals surface area contributed by atoms with Gasteiger partial charge in [-0.05, 0) is 69.1 Å². The van der Waals surface area contributed by atoms with Gasteiger partial charge in [-0.3, -0.25) is 0 Å². The average molecular weight is 391 g/mol. The van der Waals surface area contributed by atoms with Gasteiger partial charge in [0.25, 0.3) is 0 Å². The van der Waals surface area contributed by atoms with Gasteiger partial charge in [0.15, 0.2) is 0 Å². The zero-order chi connectivity index (χ0) is 19.6. The van der Waals surface area contributed by atoms with Gasteiger partial charge in [-0.1, -0.05) is 96.5 Å². The molecule has 0 fully saturated rings. The molecule has 5 rings (SSSR count). The third-order valence-electron chi connectivity index (χ3n) is 5.29. The van der Waals surface area contributed by atoms with Crippen LogP contribution in [0.1, 0.15) is 0 Å². The summed E-state index contributed by atoms with van der Waals surface area (Å²) < 4.78 is 0. The van der Waals surface area contributed by atoms with Gasteiger partial charge < -0.3 is 0 Å². The lowest BCUT2D eigenvalue weighted by Crippen LogP contribution is -1.87. The highest BCUT2D eigenvalue weighted by Crippen LogP contribution is 2.36. The van der Waals surface area contributed by atoms with Crippen molar-refractivity contribution in [2.24, 2.45) is 0 Å². The van der Waals surface area contributed by atoms with Crippen LogP contribution in [-0.4, -0.2) is 0 Å². The third kappa shape index (κ3) is 3.55. The van der Waals surface area contributed by atoms with Crippen molar-refractivity contribution in [3.63, 3.8) is 0 Å². The smallest absolute Gasteiger partial charge is 0.0490 e. The zero-order valence-corrected chi connectivity index (χ0v) is 16.6. The Bertz CT molecular complexity index is 1230. The van der Waals surface area contributed by atoms with E-state index in [9.17, 15) is 0 Å². The fourth-order valence-electron chi connectivity index (χ4n) is 3.82. The van der Waals surface area contributed by atoms with Crippen LogP contribution < -0.4 is 0 Å². The van der Waals surface area contributed by atoms with Crippen molar-refractivity contribution in [1.29, 1.82) is 0 Å². The summed E-state index contributed by atoms with van der Waals surface area (Å²) in [5.74, 6) is 0. The molecule has 0 unspecified atom stereocenters. The second kappa shape index (κ2) is 7.58. The molecule has 29 heavy (non-hydrogen) atoms. The maximum Gasteiger partial charge on any atom is 0.0490 e. The van der Waals surface area contributed by atoms with Crippen LogP contribution in [0.25, 0.3) is 44.2 Å². The van der Waals surface area contributed by atoms with E-state index in [0.29, 0.717) is 0 Å². The first-order valence-corrected chi connectivity index (χ1v) is 10.1. The van der Waals surface area contributed by atoms with Crippen LogP contribution in [0.15, 0.2) is 115 Å². The first-order valence-electron chi connectivity index (χ1n) is 9.72. The van der Waals surface area contributed by atoms with E-state index in [1.54, 1.807) is 0 Å². The van der Waals surface area contributed by atoms with E-state index in [1.165, 1.54) is 22.3 Å². The van der Waals surface area contributed by atoms with E-state index in [1.807, 2.05) is 6.07 Å². The topological polar surface area (TPSA) is 0 Å². The highest BCUT2D eigenvalue weighted by atomic mass is 35.5. The minimum atomic E-state index is 0.782. The molecule has 0 saturated carbocycles. The van der Waals surface area contributed by atoms with Gasteiger partial charge >= 0.3 is 0 Å². The lowest BCUT2D eigenvalue weighted by Gasteiger charge is -2.12. The number of hydrogen-bond acceptors (Lipinski definition) is 0. The van der Waals surface area contributed by atoms with E-state index in [-0.39, 0.29) is 0 Å². The van der Waals surface area contributed by atoms with Gasteiger partial charge in [-0.2, -0.15) is 0 Å². The predicted molar refractivity (Wildman–Crippen MR) is 125 cm³/mol. The monoisotopic (exact) mass is 390 g/mol. The highest BCUT2D eigenvalue weighted by Gasteiger charge is 2.09. The molecule has 0 atom stereocenters. The van der Waals surface area contributed by atoms with Crippen molar-refractivity contribution in [3.05, 3.63) is 120 Å². The van der Waals surface area contributed by atoms with Gasteiger partial charge in [-0.25, -0.2) is 0 Å². The summed E-state index contributed by atoms with van der Waals surface area (Å²) in [4.78, 5) is 0. The summed E-state index contributed by atoms with van der Waals surface area (Å²) in [7, 11) is 0. The summed E-state index contributed by atoms with van der Waals surface area (Å²) in [5, 5.41) is 3.02. The van der Waals surface area contributed by atoms with E-state index in [4.69, 9.17) is 11.6 Å². The molecular weight excluding hydrogens is 372 g/mol. The quantitative estimate of drug-likeness (QED) is 0.289. The minimum absolute atomic E-state index is 0.782. The molecule has 138 valence electrons. The standard InChI is InChI=1S/C28H19Cl/c29-28-19-26(15-22-13-7-8-14-27(22)28)25-17-23(20-9-3-1-4-10-20)16-24(18-25)21-11-5-2-6-12-21/h1-19H. The molecule has 0 aliphatic heterocycles. The Balaban J connectivity index is 1.74. The first kappa shape index (κ1) is 17.7. The van der Waals surface area contributed by atoms with Crippen LogP contribution in [0.2, 0.25) is 5.02 Å². The molecule has 0 aliphatic carbocycles. The van der Waals surface area contributed by atoms with Crippen LogP contribution in [-0.2, 0) is 0 Å². The predicted octanol–water partition coefficient (Wildman–Crippen LogP) is 8.49. The van der Waals surface area contributed by atoms with Crippen molar-refractivity contribution in [2.75, 3.05) is 0 Å². The van der Waals surface area contributed by atoms with E-state index < -0.39 is 0 Å². The second-order valence-electron chi connectivity index (χ2n) is 7.21. The van der Waals surface area contributed by atoms with Crippen LogP contribution in [0.4, 0.5) is 0 Å². The van der Waals surface area contributed by atoms with Crippen LogP contribution >= 0.6 is 11.6 Å². The molecule has 0 amide bonds. The summed E-state index contributed by atoms with van der Waals surface area (Å²) in [6.07, 6.45) is 0. The van der Waals surface area contributed by atoms with Gasteiger partial charge in [0.1, 0.15) is 0 Å². The Morgan fingerprint density at radius 3 is 1.41 bits per heavy atom.